The first-order valence-electron chi connectivity index (χ1n) is 11.6. The summed E-state index contributed by atoms with van der Waals surface area (Å²) in [4.78, 5) is 0. The molecule has 0 aliphatic heterocycles. The molecule has 0 spiro atoms. The Bertz CT molecular complexity index is 1510. The Hall–Kier alpha value is -3.39. The Morgan fingerprint density at radius 2 is 1.71 bits per heavy atom. The molecule has 0 atom stereocenters. The lowest BCUT2D eigenvalue weighted by Gasteiger charge is -2.16. The van der Waals surface area contributed by atoms with Crippen LogP contribution in [0.25, 0.3) is 44.3 Å². The normalized spacial score (nSPS) is 14.1. The van der Waals surface area contributed by atoms with Crippen LogP contribution in [0, 0.1) is 6.92 Å². The number of benzene rings is 3. The van der Waals surface area contributed by atoms with E-state index in [2.05, 4.69) is 67.2 Å². The molecule has 0 saturated heterocycles. The maximum Gasteiger partial charge on any atom is 0.216 e. The second-order valence-electron chi connectivity index (χ2n) is 8.72. The van der Waals surface area contributed by atoms with Crippen LogP contribution in [0.2, 0.25) is 0 Å². The quantitative estimate of drug-likeness (QED) is 0.291. The molecule has 5 aromatic rings. The van der Waals surface area contributed by atoms with Crippen LogP contribution >= 0.6 is 0 Å². The molecule has 0 saturated carbocycles. The van der Waals surface area contributed by atoms with Crippen molar-refractivity contribution in [2.45, 2.75) is 32.6 Å². The zero-order chi connectivity index (χ0) is 21.8. The highest BCUT2D eigenvalue weighted by Crippen LogP contribution is 2.41. The third-order valence-electron chi connectivity index (χ3n) is 6.76. The molecule has 152 valence electrons. The highest BCUT2D eigenvalue weighted by molar-refractivity contribution is 6.13. The number of rotatable bonds is 2. The number of nitrogens with zero attached hydrogens (tertiary/aromatic N) is 1. The van der Waals surface area contributed by atoms with Crippen LogP contribution in [0.5, 0.6) is 0 Å². The van der Waals surface area contributed by atoms with Crippen molar-refractivity contribution in [1.82, 2.24) is 0 Å². The van der Waals surface area contributed by atoms with Crippen LogP contribution in [0.15, 0.2) is 77.3 Å². The highest BCUT2D eigenvalue weighted by atomic mass is 16.3. The van der Waals surface area contributed by atoms with Crippen molar-refractivity contribution in [3.63, 3.8) is 0 Å². The van der Waals surface area contributed by atoms with Gasteiger partial charge in [0, 0.05) is 28.5 Å². The van der Waals surface area contributed by atoms with Gasteiger partial charge in [0.1, 0.15) is 18.2 Å². The third-order valence-corrected chi connectivity index (χ3v) is 6.76. The predicted molar refractivity (Wildman–Crippen MR) is 127 cm³/mol. The van der Waals surface area contributed by atoms with E-state index in [1.54, 1.807) is 0 Å². The van der Waals surface area contributed by atoms with E-state index in [-0.39, 0.29) is 0 Å². The van der Waals surface area contributed by atoms with Crippen LogP contribution in [-0.2, 0) is 19.9 Å². The minimum atomic E-state index is 0.510. The van der Waals surface area contributed by atoms with Gasteiger partial charge in [-0.05, 0) is 60.9 Å². The van der Waals surface area contributed by atoms with Gasteiger partial charge in [0.2, 0.25) is 5.69 Å². The van der Waals surface area contributed by atoms with E-state index >= 15 is 0 Å². The second kappa shape index (κ2) is 7.09. The van der Waals surface area contributed by atoms with Gasteiger partial charge in [-0.2, -0.15) is 0 Å². The number of aryl methyl sites for hydroxylation is 4. The summed E-state index contributed by atoms with van der Waals surface area (Å²) in [6, 6.07) is 21.7. The smallest absolute Gasteiger partial charge is 0.216 e. The summed E-state index contributed by atoms with van der Waals surface area (Å²) < 4.78 is 17.5. The lowest BCUT2D eigenvalue weighted by Crippen LogP contribution is -2.30. The standard InChI is InChI=1S/C29H26NO/c1-19-13-16-25-24-11-7-10-23(22-15-14-20-8-3-4-9-21(20)18-22)28(24)31-29(25)27(19)26-12-5-6-17-30(26)2/h5-7,10-18H,3-4,8-9H2,1-2H3/q+1/i10D. The first-order chi connectivity index (χ1) is 15.6. The summed E-state index contributed by atoms with van der Waals surface area (Å²) >= 11 is 0. The molecule has 0 N–H and O–H groups in total. The Labute approximate surface area is 184 Å². The van der Waals surface area contributed by atoms with Crippen molar-refractivity contribution in [3.8, 4) is 22.4 Å². The van der Waals surface area contributed by atoms with Crippen LogP contribution in [0.4, 0.5) is 0 Å². The first kappa shape index (κ1) is 17.3. The Balaban J connectivity index is 1.66. The van der Waals surface area contributed by atoms with Gasteiger partial charge in [-0.1, -0.05) is 48.5 Å². The average molecular weight is 406 g/mol. The Kier molecular flexibility index (Phi) is 3.96. The predicted octanol–water partition coefficient (Wildman–Crippen LogP) is 6.93. The molecule has 0 radical (unpaired) electrons. The minimum Gasteiger partial charge on any atom is -0.454 e. The van der Waals surface area contributed by atoms with Crippen LogP contribution < -0.4 is 4.57 Å². The lowest BCUT2D eigenvalue weighted by atomic mass is 9.89. The van der Waals surface area contributed by atoms with E-state index in [1.165, 1.54) is 29.5 Å². The lowest BCUT2D eigenvalue weighted by molar-refractivity contribution is -0.660. The van der Waals surface area contributed by atoms with Gasteiger partial charge in [0.15, 0.2) is 6.20 Å². The van der Waals surface area contributed by atoms with Gasteiger partial charge in [0.25, 0.3) is 0 Å². The van der Waals surface area contributed by atoms with Crippen LogP contribution in [0.1, 0.15) is 30.9 Å². The molecule has 6 rings (SSSR count). The summed E-state index contributed by atoms with van der Waals surface area (Å²) in [5, 5.41) is 2.17. The molecule has 31 heavy (non-hydrogen) atoms. The van der Waals surface area contributed by atoms with Gasteiger partial charge in [-0.25, -0.2) is 4.57 Å². The van der Waals surface area contributed by atoms with Gasteiger partial charge in [-0.3, -0.25) is 0 Å². The van der Waals surface area contributed by atoms with Crippen molar-refractivity contribution in [2.75, 3.05) is 0 Å². The van der Waals surface area contributed by atoms with Gasteiger partial charge in [0.05, 0.1) is 6.93 Å². The minimum absolute atomic E-state index is 0.510. The summed E-state index contributed by atoms with van der Waals surface area (Å²) in [5.41, 5.74) is 9.99. The van der Waals surface area contributed by atoms with Crippen molar-refractivity contribution in [1.29, 1.82) is 0 Å². The van der Waals surface area contributed by atoms with Crippen molar-refractivity contribution < 1.29 is 10.4 Å². The molecule has 0 unspecified atom stereocenters. The molecule has 0 amide bonds. The van der Waals surface area contributed by atoms with Crippen LogP contribution in [-0.4, -0.2) is 0 Å². The van der Waals surface area contributed by atoms with Gasteiger partial charge < -0.3 is 4.42 Å². The summed E-state index contributed by atoms with van der Waals surface area (Å²) in [6.07, 6.45) is 6.87. The number of hydrogen-bond donors (Lipinski definition) is 0. The van der Waals surface area contributed by atoms with E-state index in [4.69, 9.17) is 5.79 Å². The molecule has 2 heterocycles. The molecule has 0 bridgehead atoms. The zero-order valence-electron chi connectivity index (χ0n) is 19.0. The van der Waals surface area contributed by atoms with E-state index < -0.39 is 0 Å². The molecule has 1 aliphatic carbocycles. The molecule has 2 heteroatoms. The molecule has 2 aromatic heterocycles. The fraction of sp³-hybridized carbons (Fsp3) is 0.207. The van der Waals surface area contributed by atoms with Gasteiger partial charge in [-0.15, -0.1) is 0 Å². The first-order valence-corrected chi connectivity index (χ1v) is 11.1. The number of hydrogen-bond acceptors (Lipinski definition) is 1. The number of para-hydroxylation sites is 1. The SMILES string of the molecule is [2H]c1ccc2c(oc3c(-c4cccc[n+]4C)c(C)ccc32)c1-c1ccc2c(c1)CCCC2. The summed E-state index contributed by atoms with van der Waals surface area (Å²) in [5.74, 6) is 0. The number of pyridine rings is 1. The molecule has 1 aliphatic rings. The maximum atomic E-state index is 8.73. The Morgan fingerprint density at radius 1 is 0.871 bits per heavy atom. The molecular weight excluding hydrogens is 378 g/mol. The van der Waals surface area contributed by atoms with Gasteiger partial charge >= 0.3 is 0 Å². The number of fused-ring (bicyclic) bond motifs is 4. The van der Waals surface area contributed by atoms with E-state index in [0.717, 1.165) is 57.2 Å². The maximum absolute atomic E-state index is 8.73. The summed E-state index contributed by atoms with van der Waals surface area (Å²) in [7, 11) is 2.07. The largest absolute Gasteiger partial charge is 0.454 e. The zero-order valence-corrected chi connectivity index (χ0v) is 18.0. The van der Waals surface area contributed by atoms with Crippen molar-refractivity contribution in [2.24, 2.45) is 7.05 Å². The number of furan rings is 1. The number of aromatic nitrogens is 1. The average Bonchev–Trinajstić information content (AvgIpc) is 3.17. The van der Waals surface area contributed by atoms with E-state index in [1.807, 2.05) is 18.2 Å². The monoisotopic (exact) mass is 405 g/mol. The fourth-order valence-corrected chi connectivity index (χ4v) is 5.11. The molecule has 0 fully saturated rings. The third kappa shape index (κ3) is 2.90. The second-order valence-corrected chi connectivity index (χ2v) is 8.72. The van der Waals surface area contributed by atoms with E-state index in [0.29, 0.717) is 6.04 Å². The molecule has 3 aromatic carbocycles. The van der Waals surface area contributed by atoms with Crippen LogP contribution in [0.3, 0.4) is 0 Å². The topological polar surface area (TPSA) is 17.0 Å². The molecular formula is C29H26NO+. The van der Waals surface area contributed by atoms with Crippen molar-refractivity contribution in [3.05, 3.63) is 89.6 Å². The Morgan fingerprint density at radius 3 is 2.58 bits per heavy atom. The summed E-state index contributed by atoms with van der Waals surface area (Å²) in [6.45, 7) is 2.13. The highest BCUT2D eigenvalue weighted by Gasteiger charge is 2.21. The fourth-order valence-electron chi connectivity index (χ4n) is 5.11. The van der Waals surface area contributed by atoms with E-state index in [9.17, 15) is 0 Å². The van der Waals surface area contributed by atoms with Crippen molar-refractivity contribution >= 4 is 21.9 Å². The molecule has 2 nitrogen and oxygen atoms in total.